The fraction of sp³-hybridized carbons (Fsp3) is 0.483. The number of carbonyl (C=O) groups is 1. The highest BCUT2D eigenvalue weighted by atomic mass is 19.1. The van der Waals surface area contributed by atoms with Crippen molar-refractivity contribution in [2.24, 2.45) is 11.0 Å². The highest BCUT2D eigenvalue weighted by molar-refractivity contribution is 5.79. The smallest absolute Gasteiger partial charge is 0.341 e. The summed E-state index contributed by atoms with van der Waals surface area (Å²) in [4.78, 5) is 25.8. The maximum Gasteiger partial charge on any atom is 0.341 e. The van der Waals surface area contributed by atoms with E-state index >= 15 is 4.39 Å². The third kappa shape index (κ3) is 5.57. The first-order valence-corrected chi connectivity index (χ1v) is 14.2. The molecule has 5 heterocycles. The van der Waals surface area contributed by atoms with E-state index in [9.17, 15) is 13.6 Å². The van der Waals surface area contributed by atoms with Gasteiger partial charge in [-0.25, -0.2) is 32.9 Å². The second-order valence-electron chi connectivity index (χ2n) is 11.0. The number of hydrazone groups is 1. The summed E-state index contributed by atoms with van der Waals surface area (Å²) in [5.74, 6) is -1.08. The lowest BCUT2D eigenvalue weighted by Gasteiger charge is -2.37. The van der Waals surface area contributed by atoms with E-state index in [0.29, 0.717) is 61.3 Å². The highest BCUT2D eigenvalue weighted by Crippen LogP contribution is 2.32. The molecule has 2 aromatic heterocycles. The van der Waals surface area contributed by atoms with Gasteiger partial charge >= 0.3 is 6.03 Å². The number of anilines is 1. The number of urea groups is 1. The number of nitrogens with zero attached hydrogens (tertiary/aromatic N) is 8. The number of amides is 2. The Morgan fingerprint density at radius 1 is 1.02 bits per heavy atom. The lowest BCUT2D eigenvalue weighted by molar-refractivity contribution is 0.0599. The molecule has 0 spiro atoms. The van der Waals surface area contributed by atoms with E-state index in [4.69, 9.17) is 9.84 Å². The number of carbonyl (C=O) groups excluding carboxylic acids is 1. The summed E-state index contributed by atoms with van der Waals surface area (Å²) in [7, 11) is 0. The summed E-state index contributed by atoms with van der Waals surface area (Å²) < 4.78 is 50.2. The van der Waals surface area contributed by atoms with Crippen molar-refractivity contribution in [3.8, 4) is 11.3 Å². The second kappa shape index (κ2) is 11.7. The molecular formula is C29H33F3N8O2. The van der Waals surface area contributed by atoms with Crippen LogP contribution >= 0.6 is 0 Å². The first-order chi connectivity index (χ1) is 20.3. The monoisotopic (exact) mass is 582 g/mol. The summed E-state index contributed by atoms with van der Waals surface area (Å²) in [6, 6.07) is 2.32. The molecule has 3 aliphatic rings. The number of benzene rings is 1. The number of hydrogen-bond acceptors (Lipinski definition) is 7. The van der Waals surface area contributed by atoms with Crippen molar-refractivity contribution in [3.05, 3.63) is 58.8 Å². The van der Waals surface area contributed by atoms with Crippen LogP contribution in [0.1, 0.15) is 42.3 Å². The zero-order chi connectivity index (χ0) is 29.4. The molecule has 13 heteroatoms. The van der Waals surface area contributed by atoms with E-state index in [2.05, 4.69) is 15.1 Å². The molecule has 0 bridgehead atoms. The molecule has 0 aliphatic carbocycles. The minimum absolute atomic E-state index is 0.211. The van der Waals surface area contributed by atoms with E-state index in [0.717, 1.165) is 44.4 Å². The van der Waals surface area contributed by atoms with Gasteiger partial charge in [0.2, 0.25) is 5.95 Å². The topological polar surface area (TPSA) is 92.0 Å². The lowest BCUT2D eigenvalue weighted by atomic mass is 10.0. The van der Waals surface area contributed by atoms with E-state index in [1.165, 1.54) is 23.3 Å². The molecule has 6 rings (SSSR count). The van der Waals surface area contributed by atoms with Gasteiger partial charge in [0.1, 0.15) is 17.3 Å². The summed E-state index contributed by atoms with van der Waals surface area (Å²) in [6.45, 7) is 7.60. The fourth-order valence-electron chi connectivity index (χ4n) is 5.96. The quantitative estimate of drug-likeness (QED) is 0.441. The molecule has 222 valence electrons. The van der Waals surface area contributed by atoms with Gasteiger partial charge in [0.15, 0.2) is 5.82 Å². The Hall–Kier alpha value is -4.00. The van der Waals surface area contributed by atoms with Crippen LogP contribution in [0.15, 0.2) is 29.5 Å². The molecule has 2 fully saturated rings. The van der Waals surface area contributed by atoms with Crippen molar-refractivity contribution in [2.45, 2.75) is 45.7 Å². The maximum atomic E-state index is 15.1. The van der Waals surface area contributed by atoms with Crippen LogP contribution in [0.25, 0.3) is 11.3 Å². The van der Waals surface area contributed by atoms with Gasteiger partial charge in [0, 0.05) is 75.9 Å². The number of aromatic nitrogens is 4. The number of aryl methyl sites for hydroxylation is 1. The van der Waals surface area contributed by atoms with Crippen molar-refractivity contribution in [1.29, 1.82) is 0 Å². The van der Waals surface area contributed by atoms with Crippen LogP contribution in [0.2, 0.25) is 0 Å². The first-order valence-electron chi connectivity index (χ1n) is 14.2. The van der Waals surface area contributed by atoms with Crippen molar-refractivity contribution in [1.82, 2.24) is 29.7 Å². The zero-order valence-electron chi connectivity index (χ0n) is 23.6. The molecule has 0 N–H and O–H groups in total. The van der Waals surface area contributed by atoms with Crippen LogP contribution in [0.4, 0.5) is 23.9 Å². The third-order valence-corrected chi connectivity index (χ3v) is 8.25. The van der Waals surface area contributed by atoms with Gasteiger partial charge in [0.05, 0.1) is 17.9 Å². The predicted octanol–water partition coefficient (Wildman–Crippen LogP) is 4.48. The lowest BCUT2D eigenvalue weighted by Crippen LogP contribution is -2.52. The van der Waals surface area contributed by atoms with Crippen molar-refractivity contribution >= 4 is 18.2 Å². The Morgan fingerprint density at radius 3 is 2.45 bits per heavy atom. The number of ether oxygens (including phenoxy) is 1. The van der Waals surface area contributed by atoms with Crippen LogP contribution in [-0.2, 0) is 11.3 Å². The normalized spacial score (nSPS) is 19.6. The standard InChI is InChI=1S/C29H33F3N8O2/c1-18-26(19(2)39(36-18)17-20-4-11-42-12-5-20)27-24(32)16-33-28(35-27)37-7-9-38(10-8-37)29(41)40-25(3-6-34-40)21-13-22(30)15-23(31)14-21/h6,13-16,20,25H,3-5,7-12,17H2,1-2H3. The van der Waals surface area contributed by atoms with Crippen molar-refractivity contribution in [3.63, 3.8) is 0 Å². The Bertz CT molecular complexity index is 1480. The van der Waals surface area contributed by atoms with Crippen LogP contribution in [0.3, 0.4) is 0 Å². The Kier molecular flexibility index (Phi) is 7.84. The molecule has 3 aliphatic heterocycles. The van der Waals surface area contributed by atoms with Gasteiger partial charge in [-0.05, 0) is 50.3 Å². The van der Waals surface area contributed by atoms with Crippen LogP contribution < -0.4 is 4.90 Å². The molecule has 2 amide bonds. The number of hydrogen-bond donors (Lipinski definition) is 0. The third-order valence-electron chi connectivity index (χ3n) is 8.25. The van der Waals surface area contributed by atoms with Crippen LogP contribution in [0.5, 0.6) is 0 Å². The van der Waals surface area contributed by atoms with Gasteiger partial charge in [-0.3, -0.25) is 4.68 Å². The number of halogens is 3. The van der Waals surface area contributed by atoms with Gasteiger partial charge in [-0.1, -0.05) is 0 Å². The molecule has 1 atom stereocenters. The molecular weight excluding hydrogens is 549 g/mol. The molecule has 1 unspecified atom stereocenters. The van der Waals surface area contributed by atoms with E-state index < -0.39 is 23.5 Å². The zero-order valence-corrected chi connectivity index (χ0v) is 23.6. The molecule has 3 aromatic rings. The number of rotatable bonds is 5. The van der Waals surface area contributed by atoms with Gasteiger partial charge in [-0.2, -0.15) is 10.2 Å². The Labute approximate surface area is 241 Å². The summed E-state index contributed by atoms with van der Waals surface area (Å²) in [5, 5.41) is 10.2. The average Bonchev–Trinajstić information content (AvgIpc) is 3.58. The largest absolute Gasteiger partial charge is 0.381 e. The number of piperazine rings is 1. The summed E-state index contributed by atoms with van der Waals surface area (Å²) >= 11 is 0. The molecule has 1 aromatic carbocycles. The Balaban J connectivity index is 1.14. The van der Waals surface area contributed by atoms with Gasteiger partial charge < -0.3 is 14.5 Å². The molecule has 42 heavy (non-hydrogen) atoms. The molecule has 0 saturated carbocycles. The molecule has 0 radical (unpaired) electrons. The van der Waals surface area contributed by atoms with Crippen molar-refractivity contribution < 1.29 is 22.7 Å². The SMILES string of the molecule is Cc1nn(CC2CCOCC2)c(C)c1-c1nc(N2CCN(C(=O)N3N=CCC3c3cc(F)cc(F)c3)CC2)ncc1F. The van der Waals surface area contributed by atoms with Gasteiger partial charge in [-0.15, -0.1) is 0 Å². The minimum Gasteiger partial charge on any atom is -0.381 e. The molecule has 10 nitrogen and oxygen atoms in total. The summed E-state index contributed by atoms with van der Waals surface area (Å²) in [5.41, 5.74) is 2.80. The second-order valence-corrected chi connectivity index (χ2v) is 11.0. The first kappa shape index (κ1) is 28.1. The Morgan fingerprint density at radius 2 is 1.74 bits per heavy atom. The van der Waals surface area contributed by atoms with Crippen molar-refractivity contribution in [2.75, 3.05) is 44.3 Å². The van der Waals surface area contributed by atoms with E-state index in [1.54, 1.807) is 11.1 Å². The van der Waals surface area contributed by atoms with Crippen LogP contribution in [0, 0.1) is 37.2 Å². The minimum atomic E-state index is -0.700. The van der Waals surface area contributed by atoms with Gasteiger partial charge in [0.25, 0.3) is 0 Å². The average molecular weight is 583 g/mol. The van der Waals surface area contributed by atoms with E-state index in [-0.39, 0.29) is 11.7 Å². The fourth-order valence-corrected chi connectivity index (χ4v) is 5.96. The van der Waals surface area contributed by atoms with E-state index in [1.807, 2.05) is 23.4 Å². The highest BCUT2D eigenvalue weighted by Gasteiger charge is 2.34. The molecule has 2 saturated heterocycles. The van der Waals surface area contributed by atoms with Crippen LogP contribution in [-0.4, -0.2) is 81.3 Å². The summed E-state index contributed by atoms with van der Waals surface area (Å²) in [6.07, 6.45) is 5.08. The predicted molar refractivity (Wildman–Crippen MR) is 149 cm³/mol. The maximum absolute atomic E-state index is 15.1.